The van der Waals surface area contributed by atoms with Crippen LogP contribution in [0.15, 0.2) is 42.5 Å². The summed E-state index contributed by atoms with van der Waals surface area (Å²) in [6.07, 6.45) is 0. The summed E-state index contributed by atoms with van der Waals surface area (Å²) in [5, 5.41) is 9.67. The highest BCUT2D eigenvalue weighted by atomic mass is 16.3. The van der Waals surface area contributed by atoms with Crippen molar-refractivity contribution in [2.75, 3.05) is 0 Å². The van der Waals surface area contributed by atoms with E-state index < -0.39 is 0 Å². The molecular formula is C15H14O2. The molecule has 0 heterocycles. The van der Waals surface area contributed by atoms with Gasteiger partial charge in [-0.05, 0) is 31.5 Å². The Labute approximate surface area is 101 Å². The number of carbonyl (C=O) groups excluding carboxylic acids is 1. The number of phenolic OH excluding ortho intramolecular Hbond substituents is 1. The number of para-hydroxylation sites is 1. The van der Waals surface area contributed by atoms with Crippen molar-refractivity contribution in [1.82, 2.24) is 0 Å². The smallest absolute Gasteiger partial charge is 0.197 e. The predicted octanol–water partition coefficient (Wildman–Crippen LogP) is 3.24. The molecule has 2 nitrogen and oxygen atoms in total. The van der Waals surface area contributed by atoms with Gasteiger partial charge in [0.05, 0.1) is 5.56 Å². The summed E-state index contributed by atoms with van der Waals surface area (Å²) in [5.74, 6) is -0.113. The molecule has 2 aromatic rings. The van der Waals surface area contributed by atoms with E-state index in [1.165, 1.54) is 6.07 Å². The zero-order chi connectivity index (χ0) is 12.4. The molecule has 0 saturated carbocycles. The molecule has 0 unspecified atom stereocenters. The van der Waals surface area contributed by atoms with E-state index in [1.54, 1.807) is 24.3 Å². The lowest BCUT2D eigenvalue weighted by atomic mass is 9.97. The lowest BCUT2D eigenvalue weighted by molar-refractivity contribution is 0.103. The molecule has 2 aromatic carbocycles. The normalized spacial score (nSPS) is 10.2. The first-order valence-corrected chi connectivity index (χ1v) is 5.49. The van der Waals surface area contributed by atoms with Gasteiger partial charge in [0.2, 0.25) is 0 Å². The molecule has 17 heavy (non-hydrogen) atoms. The Hall–Kier alpha value is -2.09. The van der Waals surface area contributed by atoms with E-state index >= 15 is 0 Å². The molecule has 0 bridgehead atoms. The van der Waals surface area contributed by atoms with Crippen molar-refractivity contribution in [3.63, 3.8) is 0 Å². The average molecular weight is 226 g/mol. The average Bonchev–Trinajstić information content (AvgIpc) is 2.29. The van der Waals surface area contributed by atoms with Crippen molar-refractivity contribution in [1.29, 1.82) is 0 Å². The SMILES string of the molecule is Cc1ccc(C(=O)c2ccccc2O)c(C)c1. The van der Waals surface area contributed by atoms with E-state index in [9.17, 15) is 9.90 Å². The van der Waals surface area contributed by atoms with Crippen LogP contribution in [0, 0.1) is 13.8 Å². The fourth-order valence-electron chi connectivity index (χ4n) is 1.88. The molecule has 0 aliphatic heterocycles. The van der Waals surface area contributed by atoms with E-state index in [0.717, 1.165) is 11.1 Å². The maximum Gasteiger partial charge on any atom is 0.197 e. The third kappa shape index (κ3) is 2.21. The zero-order valence-corrected chi connectivity index (χ0v) is 9.90. The lowest BCUT2D eigenvalue weighted by Crippen LogP contribution is -2.04. The van der Waals surface area contributed by atoms with E-state index in [-0.39, 0.29) is 11.5 Å². The number of ketones is 1. The molecule has 0 aliphatic rings. The molecule has 0 spiro atoms. The molecule has 86 valence electrons. The van der Waals surface area contributed by atoms with E-state index in [1.807, 2.05) is 26.0 Å². The summed E-state index contributed by atoms with van der Waals surface area (Å²) in [6, 6.07) is 12.3. The van der Waals surface area contributed by atoms with Crippen molar-refractivity contribution < 1.29 is 9.90 Å². The number of carbonyl (C=O) groups is 1. The van der Waals surface area contributed by atoms with Crippen molar-refractivity contribution in [3.8, 4) is 5.75 Å². The van der Waals surface area contributed by atoms with Crippen LogP contribution in [0.3, 0.4) is 0 Å². The minimum absolute atomic E-state index is 0.0254. The zero-order valence-electron chi connectivity index (χ0n) is 9.90. The lowest BCUT2D eigenvalue weighted by Gasteiger charge is -2.07. The highest BCUT2D eigenvalue weighted by molar-refractivity contribution is 6.11. The minimum atomic E-state index is -0.138. The summed E-state index contributed by atoms with van der Waals surface area (Å²) < 4.78 is 0. The van der Waals surface area contributed by atoms with Crippen LogP contribution >= 0.6 is 0 Å². The van der Waals surface area contributed by atoms with Crippen LogP contribution in [0.25, 0.3) is 0 Å². The van der Waals surface area contributed by atoms with Crippen molar-refractivity contribution in [2.24, 2.45) is 0 Å². The minimum Gasteiger partial charge on any atom is -0.507 e. The number of aromatic hydroxyl groups is 1. The Morgan fingerprint density at radius 1 is 1.00 bits per heavy atom. The van der Waals surface area contributed by atoms with Crippen molar-refractivity contribution in [2.45, 2.75) is 13.8 Å². The summed E-state index contributed by atoms with van der Waals surface area (Å²) in [5.41, 5.74) is 3.03. The summed E-state index contributed by atoms with van der Waals surface area (Å²) in [7, 11) is 0. The fourth-order valence-corrected chi connectivity index (χ4v) is 1.88. The molecule has 2 rings (SSSR count). The maximum absolute atomic E-state index is 12.2. The molecular weight excluding hydrogens is 212 g/mol. The predicted molar refractivity (Wildman–Crippen MR) is 67.5 cm³/mol. The second kappa shape index (κ2) is 4.42. The number of hydrogen-bond donors (Lipinski definition) is 1. The van der Waals surface area contributed by atoms with Crippen molar-refractivity contribution in [3.05, 3.63) is 64.7 Å². The number of benzene rings is 2. The standard InChI is InChI=1S/C15H14O2/c1-10-7-8-12(11(2)9-10)15(17)13-5-3-4-6-14(13)16/h3-9,16H,1-2H3. The number of rotatable bonds is 2. The molecule has 1 N–H and O–H groups in total. The molecule has 0 saturated heterocycles. The van der Waals surface area contributed by atoms with Crippen LogP contribution < -0.4 is 0 Å². The first kappa shape index (κ1) is 11.4. The third-order valence-electron chi connectivity index (χ3n) is 2.78. The molecule has 2 heteroatoms. The number of phenols is 1. The fraction of sp³-hybridized carbons (Fsp3) is 0.133. The van der Waals surface area contributed by atoms with Crippen LogP contribution in [-0.4, -0.2) is 10.9 Å². The van der Waals surface area contributed by atoms with Crippen molar-refractivity contribution >= 4 is 5.78 Å². The molecule has 0 atom stereocenters. The Bertz CT molecular complexity index is 571. The largest absolute Gasteiger partial charge is 0.507 e. The Kier molecular flexibility index (Phi) is 2.96. The molecule has 0 aromatic heterocycles. The summed E-state index contributed by atoms with van der Waals surface area (Å²) in [4.78, 5) is 12.2. The second-order valence-electron chi connectivity index (χ2n) is 4.16. The van der Waals surface area contributed by atoms with Gasteiger partial charge in [-0.15, -0.1) is 0 Å². The van der Waals surface area contributed by atoms with Gasteiger partial charge in [0.1, 0.15) is 5.75 Å². The molecule has 0 amide bonds. The van der Waals surface area contributed by atoms with E-state index in [4.69, 9.17) is 0 Å². The summed E-state index contributed by atoms with van der Waals surface area (Å²) >= 11 is 0. The highest BCUT2D eigenvalue weighted by Gasteiger charge is 2.14. The second-order valence-corrected chi connectivity index (χ2v) is 4.16. The number of aryl methyl sites for hydroxylation is 2. The quantitative estimate of drug-likeness (QED) is 0.798. The highest BCUT2D eigenvalue weighted by Crippen LogP contribution is 2.22. The monoisotopic (exact) mass is 226 g/mol. The maximum atomic E-state index is 12.2. The van der Waals surface area contributed by atoms with Gasteiger partial charge in [0.15, 0.2) is 5.78 Å². The van der Waals surface area contributed by atoms with Crippen LogP contribution in [0.2, 0.25) is 0 Å². The summed E-state index contributed by atoms with van der Waals surface area (Å²) in [6.45, 7) is 3.89. The Balaban J connectivity index is 2.48. The van der Waals surface area contributed by atoms with Gasteiger partial charge >= 0.3 is 0 Å². The van der Waals surface area contributed by atoms with Crippen LogP contribution in [-0.2, 0) is 0 Å². The van der Waals surface area contributed by atoms with Gasteiger partial charge in [-0.2, -0.15) is 0 Å². The Morgan fingerprint density at radius 2 is 1.71 bits per heavy atom. The van der Waals surface area contributed by atoms with Crippen LogP contribution in [0.4, 0.5) is 0 Å². The van der Waals surface area contributed by atoms with Gasteiger partial charge in [0.25, 0.3) is 0 Å². The molecule has 0 fully saturated rings. The van der Waals surface area contributed by atoms with Gasteiger partial charge < -0.3 is 5.11 Å². The molecule has 0 aliphatic carbocycles. The first-order chi connectivity index (χ1) is 8.09. The number of hydrogen-bond acceptors (Lipinski definition) is 2. The van der Waals surface area contributed by atoms with Crippen LogP contribution in [0.1, 0.15) is 27.0 Å². The van der Waals surface area contributed by atoms with Gasteiger partial charge in [-0.3, -0.25) is 4.79 Å². The first-order valence-electron chi connectivity index (χ1n) is 5.49. The van der Waals surface area contributed by atoms with Gasteiger partial charge in [-0.1, -0.05) is 35.9 Å². The van der Waals surface area contributed by atoms with Gasteiger partial charge in [0, 0.05) is 5.56 Å². The van der Waals surface area contributed by atoms with E-state index in [2.05, 4.69) is 0 Å². The molecule has 0 radical (unpaired) electrons. The third-order valence-corrected chi connectivity index (χ3v) is 2.78. The topological polar surface area (TPSA) is 37.3 Å². The van der Waals surface area contributed by atoms with E-state index in [0.29, 0.717) is 11.1 Å². The van der Waals surface area contributed by atoms with Crippen LogP contribution in [0.5, 0.6) is 5.75 Å². The van der Waals surface area contributed by atoms with Gasteiger partial charge in [-0.25, -0.2) is 0 Å². The Morgan fingerprint density at radius 3 is 2.35 bits per heavy atom.